The van der Waals surface area contributed by atoms with E-state index in [9.17, 15) is 13.2 Å². The molecule has 0 radical (unpaired) electrons. The summed E-state index contributed by atoms with van der Waals surface area (Å²) in [5.74, 6) is 2.37. The number of amides is 1. The van der Waals surface area contributed by atoms with Crippen LogP contribution in [-0.4, -0.2) is 42.5 Å². The first-order chi connectivity index (χ1) is 11.1. The molecule has 10 heteroatoms. The lowest BCUT2D eigenvalue weighted by molar-refractivity contribution is -0.146. The largest absolute Gasteiger partial charge is 0.292 e. The molecule has 0 saturated carbocycles. The predicted octanol–water partition coefficient (Wildman–Crippen LogP) is -0.229. The molecule has 0 bridgehead atoms. The zero-order chi connectivity index (χ0) is 17.7. The van der Waals surface area contributed by atoms with Crippen molar-refractivity contribution >= 4 is 38.3 Å². The van der Waals surface area contributed by atoms with Crippen molar-refractivity contribution in [3.8, 4) is 0 Å². The third-order valence-corrected chi connectivity index (χ3v) is 6.07. The molecule has 1 aliphatic heterocycles. The van der Waals surface area contributed by atoms with Gasteiger partial charge in [0.15, 0.2) is 0 Å². The average Bonchev–Trinajstić information content (AvgIpc) is 2.51. The van der Waals surface area contributed by atoms with Crippen LogP contribution in [0.1, 0.15) is 0 Å². The maximum absolute atomic E-state index is 12.9. The zero-order valence-electron chi connectivity index (χ0n) is 12.5. The Morgan fingerprint density at radius 1 is 1.04 bits per heavy atom. The van der Waals surface area contributed by atoms with E-state index in [-0.39, 0.29) is 18.0 Å². The number of hydrogen-bond acceptors (Lipinski definition) is 6. The van der Waals surface area contributed by atoms with E-state index in [0.29, 0.717) is 10.4 Å². The summed E-state index contributed by atoms with van der Waals surface area (Å²) >= 11 is 5.92. The minimum atomic E-state index is -4.08. The monoisotopic (exact) mass is 369 g/mol. The molecule has 24 heavy (non-hydrogen) atoms. The van der Waals surface area contributed by atoms with Crippen LogP contribution >= 0.6 is 11.6 Å². The zero-order valence-corrected chi connectivity index (χ0v) is 14.1. The van der Waals surface area contributed by atoms with Gasteiger partial charge in [-0.2, -0.15) is 4.31 Å². The molecule has 3 rings (SSSR count). The van der Waals surface area contributed by atoms with Gasteiger partial charge in [-0.05, 0) is 35.0 Å². The summed E-state index contributed by atoms with van der Waals surface area (Å²) in [5, 5.41) is 2.83. The molecule has 2 aromatic rings. The fraction of sp³-hybridized carbons (Fsp3) is 0.214. The van der Waals surface area contributed by atoms with E-state index in [4.69, 9.17) is 28.9 Å². The van der Waals surface area contributed by atoms with Crippen LogP contribution in [0.5, 0.6) is 0 Å². The highest BCUT2D eigenvalue weighted by Crippen LogP contribution is 2.27. The number of piperazine rings is 1. The molecule has 1 saturated heterocycles. The minimum absolute atomic E-state index is 0.00258. The predicted molar refractivity (Wildman–Crippen MR) is 89.9 cm³/mol. The third-order valence-electron chi connectivity index (χ3n) is 3.92. The van der Waals surface area contributed by atoms with Crippen molar-refractivity contribution in [3.05, 3.63) is 41.4 Å². The van der Waals surface area contributed by atoms with E-state index in [1.165, 1.54) is 12.1 Å². The summed E-state index contributed by atoms with van der Waals surface area (Å²) in [5.41, 5.74) is 11.5. The highest BCUT2D eigenvalue weighted by atomic mass is 35.5. The summed E-state index contributed by atoms with van der Waals surface area (Å²) in [4.78, 5) is 12.0. The van der Waals surface area contributed by atoms with Crippen molar-refractivity contribution in [1.82, 2.24) is 9.31 Å². The van der Waals surface area contributed by atoms with Crippen LogP contribution < -0.4 is 17.3 Å². The number of halogens is 1. The highest BCUT2D eigenvalue weighted by Gasteiger charge is 2.49. The molecule has 0 aliphatic carbocycles. The van der Waals surface area contributed by atoms with Crippen molar-refractivity contribution in [3.63, 3.8) is 0 Å². The standard InChI is InChI=1S/C14H16ClN5O3S/c15-11-3-1-10-8-12(4-2-9(10)7-11)24(22,23)20-6-5-19(18)13(21)14(20,16)17/h1-4,7-8H,5-6,16-18H2. The summed E-state index contributed by atoms with van der Waals surface area (Å²) in [7, 11) is -4.08. The highest BCUT2D eigenvalue weighted by molar-refractivity contribution is 7.89. The van der Waals surface area contributed by atoms with Gasteiger partial charge in [-0.3, -0.25) is 21.3 Å². The Kier molecular flexibility index (Phi) is 4.03. The molecule has 8 nitrogen and oxygen atoms in total. The van der Waals surface area contributed by atoms with Crippen LogP contribution in [0.15, 0.2) is 41.3 Å². The van der Waals surface area contributed by atoms with Crippen LogP contribution in [0.4, 0.5) is 0 Å². The van der Waals surface area contributed by atoms with Crippen LogP contribution in [0.3, 0.4) is 0 Å². The molecule has 128 valence electrons. The number of sulfonamides is 1. The second kappa shape index (κ2) is 5.66. The lowest BCUT2D eigenvalue weighted by Crippen LogP contribution is -2.77. The van der Waals surface area contributed by atoms with E-state index in [1.54, 1.807) is 24.3 Å². The molecule has 0 aromatic heterocycles. The summed E-state index contributed by atoms with van der Waals surface area (Å²) in [6.45, 7) is -0.104. The number of carbonyl (C=O) groups is 1. The van der Waals surface area contributed by atoms with Crippen molar-refractivity contribution in [2.24, 2.45) is 17.3 Å². The van der Waals surface area contributed by atoms with Crippen molar-refractivity contribution < 1.29 is 13.2 Å². The smallest absolute Gasteiger partial charge is 0.288 e. The number of fused-ring (bicyclic) bond motifs is 1. The maximum Gasteiger partial charge on any atom is 0.288 e. The van der Waals surface area contributed by atoms with Gasteiger partial charge in [-0.1, -0.05) is 23.7 Å². The fourth-order valence-electron chi connectivity index (χ4n) is 2.62. The summed E-state index contributed by atoms with van der Waals surface area (Å²) in [6.07, 6.45) is 0. The summed E-state index contributed by atoms with van der Waals surface area (Å²) in [6, 6.07) is 9.62. The summed E-state index contributed by atoms with van der Waals surface area (Å²) < 4.78 is 26.6. The number of benzene rings is 2. The van der Waals surface area contributed by atoms with Crippen molar-refractivity contribution in [1.29, 1.82) is 0 Å². The Hall–Kier alpha value is -1.75. The van der Waals surface area contributed by atoms with Gasteiger partial charge >= 0.3 is 0 Å². The molecule has 6 N–H and O–H groups in total. The van der Waals surface area contributed by atoms with Gasteiger partial charge in [0.2, 0.25) is 15.8 Å². The van der Waals surface area contributed by atoms with E-state index in [2.05, 4.69) is 0 Å². The number of nitrogens with zero attached hydrogens (tertiary/aromatic N) is 2. The number of carbonyl (C=O) groups excluding carboxylic acids is 1. The quantitative estimate of drug-likeness (QED) is 0.380. The van der Waals surface area contributed by atoms with Gasteiger partial charge in [-0.15, -0.1) is 0 Å². The minimum Gasteiger partial charge on any atom is -0.292 e. The first-order valence-electron chi connectivity index (χ1n) is 7.00. The molecule has 0 atom stereocenters. The van der Waals surface area contributed by atoms with Gasteiger partial charge in [0, 0.05) is 11.6 Å². The van der Waals surface area contributed by atoms with Crippen LogP contribution in [0.25, 0.3) is 10.8 Å². The lowest BCUT2D eigenvalue weighted by atomic mass is 10.1. The molecule has 1 heterocycles. The molecule has 1 amide bonds. The molecular weight excluding hydrogens is 354 g/mol. The Labute approximate surface area is 143 Å². The Morgan fingerprint density at radius 2 is 1.67 bits per heavy atom. The number of rotatable bonds is 2. The Balaban J connectivity index is 2.07. The van der Waals surface area contributed by atoms with Crippen LogP contribution in [0.2, 0.25) is 5.02 Å². The molecule has 0 spiro atoms. The normalized spacial score (nSPS) is 19.0. The lowest BCUT2D eigenvalue weighted by Gasteiger charge is -2.42. The van der Waals surface area contributed by atoms with E-state index < -0.39 is 21.7 Å². The van der Waals surface area contributed by atoms with Crippen LogP contribution in [-0.2, 0) is 14.8 Å². The van der Waals surface area contributed by atoms with Gasteiger partial charge in [0.25, 0.3) is 5.91 Å². The number of hydrogen-bond donors (Lipinski definition) is 3. The van der Waals surface area contributed by atoms with Gasteiger partial charge in [0.1, 0.15) is 0 Å². The molecule has 0 unspecified atom stereocenters. The molecule has 2 aromatic carbocycles. The SMILES string of the molecule is NN1CCN(S(=O)(=O)c2ccc3cc(Cl)ccc3c2)C(N)(N)C1=O. The molecular formula is C14H16ClN5O3S. The van der Waals surface area contributed by atoms with Gasteiger partial charge in [0.05, 0.1) is 11.4 Å². The first kappa shape index (κ1) is 17.1. The topological polar surface area (TPSA) is 136 Å². The molecule has 1 aliphatic rings. The number of hydrazine groups is 1. The van der Waals surface area contributed by atoms with Gasteiger partial charge in [-0.25, -0.2) is 14.3 Å². The first-order valence-corrected chi connectivity index (χ1v) is 8.82. The van der Waals surface area contributed by atoms with Crippen LogP contribution in [0, 0.1) is 0 Å². The number of nitrogens with two attached hydrogens (primary N) is 3. The molecule has 1 fully saturated rings. The van der Waals surface area contributed by atoms with E-state index >= 15 is 0 Å². The van der Waals surface area contributed by atoms with Gasteiger partial charge < -0.3 is 0 Å². The Morgan fingerprint density at radius 3 is 2.38 bits per heavy atom. The van der Waals surface area contributed by atoms with Crippen molar-refractivity contribution in [2.45, 2.75) is 10.7 Å². The Bertz CT molecular complexity index is 931. The fourth-order valence-corrected chi connectivity index (χ4v) is 4.37. The average molecular weight is 370 g/mol. The second-order valence-corrected chi connectivity index (χ2v) is 7.85. The van der Waals surface area contributed by atoms with E-state index in [1.807, 2.05) is 0 Å². The third kappa shape index (κ3) is 2.65. The second-order valence-electron chi connectivity index (χ2n) is 5.55. The van der Waals surface area contributed by atoms with E-state index in [0.717, 1.165) is 14.7 Å². The maximum atomic E-state index is 12.9. The van der Waals surface area contributed by atoms with Crippen molar-refractivity contribution in [2.75, 3.05) is 13.1 Å².